The molecule has 0 aromatic carbocycles. The molecular weight excluding hydrogens is 1690 g/mol. The van der Waals surface area contributed by atoms with Crippen LogP contribution in [-0.2, 0) is 0 Å². The van der Waals surface area contributed by atoms with Crippen molar-refractivity contribution in [3.8, 4) is 0 Å². The van der Waals surface area contributed by atoms with E-state index in [-0.39, 0.29) is 0 Å². The van der Waals surface area contributed by atoms with Gasteiger partial charge in [-0.05, 0) is 6.92 Å². The van der Waals surface area contributed by atoms with Crippen molar-refractivity contribution >= 4 is 0 Å². The number of rotatable bonds is 32. The van der Waals surface area contributed by atoms with Crippen LogP contribution in [0, 0.1) is 6.92 Å². The molecular formula is C35H4F67. The van der Waals surface area contributed by atoms with Crippen molar-refractivity contribution in [3.05, 3.63) is 6.92 Å². The van der Waals surface area contributed by atoms with Crippen molar-refractivity contribution in [1.29, 1.82) is 0 Å². The summed E-state index contributed by atoms with van der Waals surface area (Å²) in [7, 11) is 0. The molecule has 0 saturated heterocycles. The Morgan fingerprint density at radius 1 is 0.0980 bits per heavy atom. The van der Waals surface area contributed by atoms with Crippen LogP contribution in [0.2, 0.25) is 0 Å². The summed E-state index contributed by atoms with van der Waals surface area (Å²) in [5.74, 6) is -341. The van der Waals surface area contributed by atoms with Gasteiger partial charge in [-0.2, -0.15) is 294 Å². The molecule has 67 heteroatoms. The number of alkyl halides is 67. The van der Waals surface area contributed by atoms with Crippen molar-refractivity contribution in [3.63, 3.8) is 0 Å². The molecule has 0 rings (SSSR count). The van der Waals surface area contributed by atoms with Crippen molar-refractivity contribution < 1.29 is 294 Å². The summed E-state index contributed by atoms with van der Waals surface area (Å²) in [5.41, 5.74) is 0. The van der Waals surface area contributed by atoms with Gasteiger partial charge in [-0.3, -0.25) is 0 Å². The lowest BCUT2D eigenvalue weighted by atomic mass is 9.80. The third-order valence-electron chi connectivity index (χ3n) is 13.0. The minimum Gasteiger partial charge on any atom is -0.200 e. The highest BCUT2D eigenvalue weighted by molar-refractivity contribution is 5.27. The van der Waals surface area contributed by atoms with Gasteiger partial charge in [0, 0.05) is 6.42 Å². The lowest BCUT2D eigenvalue weighted by Crippen LogP contribution is -2.81. The van der Waals surface area contributed by atoms with E-state index in [0.29, 0.717) is 0 Å². The topological polar surface area (TPSA) is 0 Å². The van der Waals surface area contributed by atoms with E-state index >= 15 is 0 Å². The van der Waals surface area contributed by atoms with Gasteiger partial charge in [-0.1, -0.05) is 0 Å². The first-order valence-electron chi connectivity index (χ1n) is 21.5. The van der Waals surface area contributed by atoms with Gasteiger partial charge >= 0.3 is 196 Å². The Labute approximate surface area is 504 Å². The van der Waals surface area contributed by atoms with Gasteiger partial charge < -0.3 is 0 Å². The molecule has 0 unspecified atom stereocenters. The Bertz CT molecular complexity index is 3000. The monoisotopic (exact) mass is 1700 g/mol. The molecule has 0 nitrogen and oxygen atoms in total. The first-order valence-corrected chi connectivity index (χ1v) is 21.5. The molecule has 0 amide bonds. The highest BCUT2D eigenvalue weighted by atomic mass is 19.5. The van der Waals surface area contributed by atoms with Crippen LogP contribution in [0.1, 0.15) is 6.42 Å². The minimum atomic E-state index is -11.4. The fraction of sp³-hybridized carbons (Fsp3) is 0.971. The number of halogens is 67. The third kappa shape index (κ3) is 10.3. The molecule has 0 saturated carbocycles. The second-order valence-electron chi connectivity index (χ2n) is 19.3. The molecule has 0 aliphatic heterocycles. The van der Waals surface area contributed by atoms with Gasteiger partial charge in [0.1, 0.15) is 0 Å². The average Bonchev–Trinajstić information content (AvgIpc) is 0.680. The maximum Gasteiger partial charge on any atom is 0.460 e. The summed E-state index contributed by atoms with van der Waals surface area (Å²) in [6.45, 7) is 1.45. The van der Waals surface area contributed by atoms with Crippen LogP contribution in [0.15, 0.2) is 0 Å². The maximum atomic E-state index is 14.3. The molecule has 0 fully saturated rings. The van der Waals surface area contributed by atoms with E-state index in [1.807, 2.05) is 0 Å². The van der Waals surface area contributed by atoms with Crippen LogP contribution >= 0.6 is 0 Å². The molecule has 613 valence electrons. The zero-order valence-corrected chi connectivity index (χ0v) is 43.2. The molecule has 0 bridgehead atoms. The molecule has 0 aromatic rings. The fourth-order valence-corrected chi connectivity index (χ4v) is 6.28. The zero-order valence-electron chi connectivity index (χ0n) is 43.2. The standard InChI is InChI=1S/C35H4F67/c1-2-3(36,37)4(38,39)5(40,41)6(42,43)7(44,45)8(46,47)9(48,49)10(50,51)11(52,53)12(54,55)13(56,57)14(58,59)15(60,61)16(62,63)17(64,65)18(66,67)19(68,69)20(70,71)21(72,73)22(74,75)23(76,77)24(78,79)25(80,81)26(82,83)27(84,85)28(86,87)29(88,89)30(90,91)31(92,93)32(94,95)33(96,97)34(98,99)35(100,101)102/h1-2H2. The summed E-state index contributed by atoms with van der Waals surface area (Å²) < 4.78 is 934. The van der Waals surface area contributed by atoms with E-state index < -0.39 is 202 Å². The Balaban J connectivity index is 8.48. The second-order valence-corrected chi connectivity index (χ2v) is 19.3. The Hall–Kier alpha value is -4.69. The smallest absolute Gasteiger partial charge is 0.200 e. The molecule has 0 aromatic heterocycles. The van der Waals surface area contributed by atoms with E-state index in [1.165, 1.54) is 6.92 Å². The predicted molar refractivity (Wildman–Crippen MR) is 174 cm³/mol. The Kier molecular flexibility index (Phi) is 22.1. The van der Waals surface area contributed by atoms with Crippen LogP contribution in [0.3, 0.4) is 0 Å². The van der Waals surface area contributed by atoms with Gasteiger partial charge in [0.15, 0.2) is 0 Å². The van der Waals surface area contributed by atoms with Crippen molar-refractivity contribution in [1.82, 2.24) is 0 Å². The van der Waals surface area contributed by atoms with E-state index in [1.54, 1.807) is 0 Å². The van der Waals surface area contributed by atoms with E-state index in [0.717, 1.165) is 0 Å². The second kappa shape index (κ2) is 23.2. The molecule has 0 heterocycles. The van der Waals surface area contributed by atoms with Gasteiger partial charge in [-0.25, -0.2) is 0 Å². The van der Waals surface area contributed by atoms with Crippen LogP contribution in [0.25, 0.3) is 0 Å². The van der Waals surface area contributed by atoms with Crippen LogP contribution in [0.5, 0.6) is 0 Å². The quantitative estimate of drug-likeness (QED) is 0.0589. The van der Waals surface area contributed by atoms with E-state index in [4.69, 9.17) is 0 Å². The number of hydrogen-bond donors (Lipinski definition) is 0. The molecule has 0 N–H and O–H groups in total. The highest BCUT2D eigenvalue weighted by Gasteiger charge is 3.07. The molecule has 0 aliphatic rings. The normalized spacial score (nSPS) is 17.6. The van der Waals surface area contributed by atoms with Crippen molar-refractivity contribution in [2.24, 2.45) is 0 Å². The summed E-state index contributed by atoms with van der Waals surface area (Å²) in [5, 5.41) is 0. The van der Waals surface area contributed by atoms with Crippen molar-refractivity contribution in [2.75, 3.05) is 0 Å². The summed E-state index contributed by atoms with van der Waals surface area (Å²) in [6.07, 6.45) is -12.2. The van der Waals surface area contributed by atoms with Crippen LogP contribution in [-0.4, -0.2) is 196 Å². The van der Waals surface area contributed by atoms with Crippen LogP contribution < -0.4 is 0 Å². The van der Waals surface area contributed by atoms with Crippen LogP contribution in [0.4, 0.5) is 294 Å². The largest absolute Gasteiger partial charge is 0.460 e. The van der Waals surface area contributed by atoms with Gasteiger partial charge in [0.2, 0.25) is 0 Å². The molecule has 102 heavy (non-hydrogen) atoms. The number of hydrogen-bond acceptors (Lipinski definition) is 0. The SMILES string of the molecule is [CH2]CC(F)(F)C(F)(F)C(F)(F)C(F)(F)C(F)(F)C(F)(F)C(F)(F)C(F)(F)C(F)(F)C(F)(F)C(F)(F)C(F)(F)C(F)(F)C(F)(F)C(F)(F)C(F)(F)C(F)(F)C(F)(F)C(F)(F)C(F)(F)C(F)(F)C(F)(F)C(F)(F)C(F)(F)C(F)(F)C(F)(F)C(F)(F)C(F)(F)C(F)(F)C(F)(F)C(F)(F)C(F)(F)C(F)(F)F. The van der Waals surface area contributed by atoms with Gasteiger partial charge in [-0.15, -0.1) is 0 Å². The Morgan fingerprint density at radius 3 is 0.216 bits per heavy atom. The first-order chi connectivity index (χ1) is 42.6. The summed E-state index contributed by atoms with van der Waals surface area (Å²) in [4.78, 5) is 0. The molecule has 0 atom stereocenters. The average molecular weight is 1700 g/mol. The summed E-state index contributed by atoms with van der Waals surface area (Å²) >= 11 is 0. The Morgan fingerprint density at radius 2 is 0.157 bits per heavy atom. The fourth-order valence-electron chi connectivity index (χ4n) is 6.28. The third-order valence-corrected chi connectivity index (χ3v) is 13.0. The molecule has 0 spiro atoms. The molecule has 1 radical (unpaired) electrons. The first kappa shape index (κ1) is 97.3. The lowest BCUT2D eigenvalue weighted by Gasteiger charge is -2.48. The van der Waals surface area contributed by atoms with Gasteiger partial charge in [0.05, 0.1) is 0 Å². The van der Waals surface area contributed by atoms with Crippen molar-refractivity contribution in [2.45, 2.75) is 202 Å². The predicted octanol–water partition coefficient (Wildman–Crippen LogP) is 22.1. The molecule has 0 aliphatic carbocycles. The maximum absolute atomic E-state index is 14.3. The zero-order chi connectivity index (χ0) is 85.2. The minimum absolute atomic E-state index is 1.45. The highest BCUT2D eigenvalue weighted by Crippen LogP contribution is 2.75. The lowest BCUT2D eigenvalue weighted by molar-refractivity contribution is -0.501. The van der Waals surface area contributed by atoms with E-state index in [2.05, 4.69) is 0 Å². The summed E-state index contributed by atoms with van der Waals surface area (Å²) in [6, 6.07) is 0. The van der Waals surface area contributed by atoms with E-state index in [9.17, 15) is 294 Å². The van der Waals surface area contributed by atoms with Gasteiger partial charge in [0.25, 0.3) is 0 Å².